The van der Waals surface area contributed by atoms with Gasteiger partial charge < -0.3 is 5.32 Å². The SMILES string of the molecule is O=C(CCSc1ccc(Br)cc1)NCC1CCC1. The smallest absolute Gasteiger partial charge is 0.220 e. The normalized spacial score (nSPS) is 15.2. The molecule has 0 radical (unpaired) electrons. The number of carbonyl (C=O) groups is 1. The molecular weight excluding hydrogens is 310 g/mol. The van der Waals surface area contributed by atoms with E-state index in [4.69, 9.17) is 0 Å². The van der Waals surface area contributed by atoms with Crippen molar-refractivity contribution in [3.8, 4) is 0 Å². The number of halogens is 1. The second kappa shape index (κ2) is 7.19. The maximum absolute atomic E-state index is 11.6. The van der Waals surface area contributed by atoms with Gasteiger partial charge in [0.05, 0.1) is 0 Å². The van der Waals surface area contributed by atoms with Gasteiger partial charge in [0.1, 0.15) is 0 Å². The molecule has 18 heavy (non-hydrogen) atoms. The summed E-state index contributed by atoms with van der Waals surface area (Å²) >= 11 is 5.14. The first-order valence-electron chi connectivity index (χ1n) is 6.39. The van der Waals surface area contributed by atoms with E-state index < -0.39 is 0 Å². The van der Waals surface area contributed by atoms with Gasteiger partial charge in [-0.15, -0.1) is 11.8 Å². The summed E-state index contributed by atoms with van der Waals surface area (Å²) < 4.78 is 1.09. The van der Waals surface area contributed by atoms with Gasteiger partial charge in [0, 0.05) is 28.1 Å². The molecule has 0 atom stereocenters. The van der Waals surface area contributed by atoms with Crippen LogP contribution in [-0.4, -0.2) is 18.2 Å². The number of benzene rings is 1. The van der Waals surface area contributed by atoms with Crippen LogP contribution in [0.4, 0.5) is 0 Å². The van der Waals surface area contributed by atoms with E-state index in [1.54, 1.807) is 11.8 Å². The minimum Gasteiger partial charge on any atom is -0.356 e. The molecule has 1 saturated carbocycles. The molecule has 0 spiro atoms. The van der Waals surface area contributed by atoms with Crippen LogP contribution in [0, 0.1) is 5.92 Å². The summed E-state index contributed by atoms with van der Waals surface area (Å²) in [5, 5.41) is 3.02. The van der Waals surface area contributed by atoms with Gasteiger partial charge in [-0.2, -0.15) is 0 Å². The van der Waals surface area contributed by atoms with Gasteiger partial charge in [0.2, 0.25) is 5.91 Å². The molecule has 2 rings (SSSR count). The highest BCUT2D eigenvalue weighted by Gasteiger charge is 2.17. The Bertz CT molecular complexity index is 389. The molecule has 2 nitrogen and oxygen atoms in total. The second-order valence-corrected chi connectivity index (χ2v) is 6.74. The standard InChI is InChI=1S/C14H18BrNOS/c15-12-4-6-13(7-5-12)18-9-8-14(17)16-10-11-2-1-3-11/h4-7,11H,1-3,8-10H2,(H,16,17). The van der Waals surface area contributed by atoms with Gasteiger partial charge in [-0.3, -0.25) is 4.79 Å². The molecule has 1 aliphatic carbocycles. The summed E-state index contributed by atoms with van der Waals surface area (Å²) in [5.41, 5.74) is 0. The zero-order chi connectivity index (χ0) is 12.8. The van der Waals surface area contributed by atoms with Crippen LogP contribution in [0.1, 0.15) is 25.7 Å². The van der Waals surface area contributed by atoms with Crippen molar-refractivity contribution in [1.82, 2.24) is 5.32 Å². The highest BCUT2D eigenvalue weighted by Crippen LogP contribution is 2.25. The Morgan fingerprint density at radius 1 is 1.33 bits per heavy atom. The first kappa shape index (κ1) is 13.9. The maximum Gasteiger partial charge on any atom is 0.220 e. The quantitative estimate of drug-likeness (QED) is 0.804. The summed E-state index contributed by atoms with van der Waals surface area (Å²) in [6, 6.07) is 8.19. The lowest BCUT2D eigenvalue weighted by molar-refractivity contribution is -0.121. The van der Waals surface area contributed by atoms with Crippen molar-refractivity contribution in [3.05, 3.63) is 28.7 Å². The number of nitrogens with one attached hydrogen (secondary N) is 1. The minimum atomic E-state index is 0.187. The van der Waals surface area contributed by atoms with Gasteiger partial charge in [0.15, 0.2) is 0 Å². The average Bonchev–Trinajstić information content (AvgIpc) is 2.30. The van der Waals surface area contributed by atoms with Crippen molar-refractivity contribution < 1.29 is 4.79 Å². The second-order valence-electron chi connectivity index (χ2n) is 4.65. The molecule has 0 saturated heterocycles. The summed E-state index contributed by atoms with van der Waals surface area (Å²) in [7, 11) is 0. The van der Waals surface area contributed by atoms with Gasteiger partial charge in [-0.25, -0.2) is 0 Å². The van der Waals surface area contributed by atoms with Crippen LogP contribution in [-0.2, 0) is 4.79 Å². The Labute approximate surface area is 121 Å². The fraction of sp³-hybridized carbons (Fsp3) is 0.500. The number of amides is 1. The van der Waals surface area contributed by atoms with Crippen LogP contribution in [0.2, 0.25) is 0 Å². The molecule has 0 bridgehead atoms. The van der Waals surface area contributed by atoms with E-state index in [9.17, 15) is 4.79 Å². The topological polar surface area (TPSA) is 29.1 Å². The van der Waals surface area contributed by atoms with E-state index in [1.807, 2.05) is 12.1 Å². The zero-order valence-corrected chi connectivity index (χ0v) is 12.7. The van der Waals surface area contributed by atoms with Crippen molar-refractivity contribution >= 4 is 33.6 Å². The number of hydrogen-bond acceptors (Lipinski definition) is 2. The average molecular weight is 328 g/mol. The largest absolute Gasteiger partial charge is 0.356 e. The number of carbonyl (C=O) groups excluding carboxylic acids is 1. The summed E-state index contributed by atoms with van der Waals surface area (Å²) in [6.07, 6.45) is 4.51. The molecule has 1 aliphatic rings. The third kappa shape index (κ3) is 4.65. The number of rotatable bonds is 6. The molecule has 1 aromatic rings. The highest BCUT2D eigenvalue weighted by molar-refractivity contribution is 9.10. The van der Waals surface area contributed by atoms with Gasteiger partial charge in [-0.05, 0) is 43.0 Å². The Morgan fingerprint density at radius 3 is 2.67 bits per heavy atom. The molecule has 0 aliphatic heterocycles. The molecular formula is C14H18BrNOS. The molecule has 1 N–H and O–H groups in total. The summed E-state index contributed by atoms with van der Waals surface area (Å²) in [5.74, 6) is 1.78. The molecule has 1 amide bonds. The molecule has 0 unspecified atom stereocenters. The van der Waals surface area contributed by atoms with Crippen LogP contribution in [0.3, 0.4) is 0 Å². The molecule has 1 fully saturated rings. The number of hydrogen-bond donors (Lipinski definition) is 1. The third-order valence-corrected chi connectivity index (χ3v) is 4.77. The minimum absolute atomic E-state index is 0.187. The van der Waals surface area contributed by atoms with Gasteiger partial charge in [0.25, 0.3) is 0 Å². The predicted molar refractivity (Wildman–Crippen MR) is 79.8 cm³/mol. The lowest BCUT2D eigenvalue weighted by Gasteiger charge is -2.25. The van der Waals surface area contributed by atoms with E-state index in [0.29, 0.717) is 6.42 Å². The Hall–Kier alpha value is -0.480. The third-order valence-electron chi connectivity index (χ3n) is 3.22. The fourth-order valence-corrected chi connectivity index (χ4v) is 2.95. The Morgan fingerprint density at radius 2 is 2.06 bits per heavy atom. The van der Waals surface area contributed by atoms with Crippen molar-refractivity contribution in [2.75, 3.05) is 12.3 Å². The van der Waals surface area contributed by atoms with Gasteiger partial charge >= 0.3 is 0 Å². The van der Waals surface area contributed by atoms with E-state index in [0.717, 1.165) is 22.7 Å². The predicted octanol–water partition coefficient (Wildman–Crippen LogP) is 3.85. The monoisotopic (exact) mass is 327 g/mol. The van der Waals surface area contributed by atoms with E-state index in [-0.39, 0.29) is 5.91 Å². The molecule has 4 heteroatoms. The van der Waals surface area contributed by atoms with Crippen LogP contribution >= 0.6 is 27.7 Å². The summed E-state index contributed by atoms with van der Waals surface area (Å²) in [6.45, 7) is 0.877. The van der Waals surface area contributed by atoms with Crippen LogP contribution in [0.25, 0.3) is 0 Å². The Balaban J connectivity index is 1.59. The fourth-order valence-electron chi connectivity index (χ4n) is 1.84. The lowest BCUT2D eigenvalue weighted by Crippen LogP contribution is -2.32. The Kier molecular flexibility index (Phi) is 5.57. The van der Waals surface area contributed by atoms with Crippen molar-refractivity contribution in [2.24, 2.45) is 5.92 Å². The molecule has 98 valence electrons. The van der Waals surface area contributed by atoms with Crippen LogP contribution < -0.4 is 5.32 Å². The van der Waals surface area contributed by atoms with E-state index >= 15 is 0 Å². The first-order chi connectivity index (χ1) is 8.74. The molecule has 0 aromatic heterocycles. The highest BCUT2D eigenvalue weighted by atomic mass is 79.9. The first-order valence-corrected chi connectivity index (χ1v) is 8.17. The van der Waals surface area contributed by atoms with Crippen molar-refractivity contribution in [2.45, 2.75) is 30.6 Å². The zero-order valence-electron chi connectivity index (χ0n) is 10.3. The van der Waals surface area contributed by atoms with Crippen LogP contribution in [0.5, 0.6) is 0 Å². The van der Waals surface area contributed by atoms with E-state index in [2.05, 4.69) is 33.4 Å². The van der Waals surface area contributed by atoms with Crippen LogP contribution in [0.15, 0.2) is 33.6 Å². The maximum atomic E-state index is 11.6. The van der Waals surface area contributed by atoms with E-state index in [1.165, 1.54) is 24.2 Å². The summed E-state index contributed by atoms with van der Waals surface area (Å²) in [4.78, 5) is 12.8. The number of thioether (sulfide) groups is 1. The van der Waals surface area contributed by atoms with Crippen molar-refractivity contribution in [1.29, 1.82) is 0 Å². The molecule has 1 aromatic carbocycles. The lowest BCUT2D eigenvalue weighted by atomic mass is 9.85. The van der Waals surface area contributed by atoms with Crippen molar-refractivity contribution in [3.63, 3.8) is 0 Å². The molecule has 0 heterocycles. The van der Waals surface area contributed by atoms with Gasteiger partial charge in [-0.1, -0.05) is 22.4 Å².